The molecule has 1 aliphatic rings. The van der Waals surface area contributed by atoms with Gasteiger partial charge in [-0.2, -0.15) is 8.42 Å². The Kier molecular flexibility index (Phi) is 1.68. The SMILES string of the molecule is CS(=O)(=O)OC(=O)C1CC1. The molecule has 1 saturated carbocycles. The van der Waals surface area contributed by atoms with Crippen LogP contribution in [0.1, 0.15) is 12.8 Å². The van der Waals surface area contributed by atoms with Crippen LogP contribution < -0.4 is 0 Å². The maximum absolute atomic E-state index is 10.6. The molecule has 0 atom stereocenters. The first-order chi connectivity index (χ1) is 4.49. The smallest absolute Gasteiger partial charge is 0.325 e. The zero-order chi connectivity index (χ0) is 7.78. The highest BCUT2D eigenvalue weighted by molar-refractivity contribution is 7.86. The van der Waals surface area contributed by atoms with Crippen LogP contribution in [-0.4, -0.2) is 20.6 Å². The van der Waals surface area contributed by atoms with Gasteiger partial charge in [0.15, 0.2) is 0 Å². The van der Waals surface area contributed by atoms with Crippen LogP contribution in [0.2, 0.25) is 0 Å². The highest BCUT2D eigenvalue weighted by atomic mass is 32.2. The summed E-state index contributed by atoms with van der Waals surface area (Å²) in [6, 6.07) is 0. The molecule has 0 aromatic rings. The Morgan fingerprint density at radius 2 is 2.00 bits per heavy atom. The first-order valence-corrected chi connectivity index (χ1v) is 4.74. The van der Waals surface area contributed by atoms with Gasteiger partial charge in [0.25, 0.3) is 0 Å². The molecule has 0 bridgehead atoms. The predicted octanol–water partition coefficient (Wildman–Crippen LogP) is -0.101. The Morgan fingerprint density at radius 3 is 2.30 bits per heavy atom. The van der Waals surface area contributed by atoms with Crippen LogP contribution >= 0.6 is 0 Å². The Balaban J connectivity index is 2.45. The van der Waals surface area contributed by atoms with Gasteiger partial charge in [0.2, 0.25) is 0 Å². The van der Waals surface area contributed by atoms with Crippen molar-refractivity contribution >= 4 is 16.1 Å². The lowest BCUT2D eigenvalue weighted by Gasteiger charge is -1.96. The van der Waals surface area contributed by atoms with Gasteiger partial charge in [-0.25, -0.2) is 0 Å². The van der Waals surface area contributed by atoms with Gasteiger partial charge in [-0.3, -0.25) is 4.79 Å². The van der Waals surface area contributed by atoms with Crippen molar-refractivity contribution in [3.8, 4) is 0 Å². The van der Waals surface area contributed by atoms with E-state index < -0.39 is 16.1 Å². The molecule has 0 N–H and O–H groups in total. The van der Waals surface area contributed by atoms with Gasteiger partial charge in [0.1, 0.15) is 0 Å². The monoisotopic (exact) mass is 164 g/mol. The molecule has 0 radical (unpaired) electrons. The maximum atomic E-state index is 10.6. The molecular weight excluding hydrogens is 156 g/mol. The van der Waals surface area contributed by atoms with Crippen molar-refractivity contribution in [1.29, 1.82) is 0 Å². The summed E-state index contributed by atoms with van der Waals surface area (Å²) in [5.74, 6) is -0.766. The molecule has 0 heterocycles. The van der Waals surface area contributed by atoms with Crippen molar-refractivity contribution < 1.29 is 17.4 Å². The van der Waals surface area contributed by atoms with Crippen molar-refractivity contribution in [3.05, 3.63) is 0 Å². The Morgan fingerprint density at radius 1 is 1.50 bits per heavy atom. The highest BCUT2D eigenvalue weighted by Gasteiger charge is 2.33. The second-order valence-corrected chi connectivity index (χ2v) is 3.96. The van der Waals surface area contributed by atoms with Crippen molar-refractivity contribution in [2.75, 3.05) is 6.26 Å². The molecular formula is C5H8O4S. The van der Waals surface area contributed by atoms with Crippen LogP contribution in [-0.2, 0) is 19.1 Å². The zero-order valence-electron chi connectivity index (χ0n) is 5.53. The van der Waals surface area contributed by atoms with E-state index in [1.54, 1.807) is 0 Å². The van der Waals surface area contributed by atoms with Crippen LogP contribution in [0.3, 0.4) is 0 Å². The molecule has 1 aliphatic carbocycles. The normalized spacial score (nSPS) is 18.5. The first kappa shape index (κ1) is 7.53. The molecule has 0 aliphatic heterocycles. The molecule has 0 saturated heterocycles. The summed E-state index contributed by atoms with van der Waals surface area (Å²) in [4.78, 5) is 10.6. The first-order valence-electron chi connectivity index (χ1n) is 2.92. The van der Waals surface area contributed by atoms with Gasteiger partial charge < -0.3 is 4.18 Å². The van der Waals surface area contributed by atoms with E-state index in [1.165, 1.54) is 0 Å². The Labute approximate surface area is 59.3 Å². The number of hydrogen-bond acceptors (Lipinski definition) is 4. The Hall–Kier alpha value is -0.580. The van der Waals surface area contributed by atoms with Crippen LogP contribution in [0.5, 0.6) is 0 Å². The van der Waals surface area contributed by atoms with E-state index in [2.05, 4.69) is 4.18 Å². The molecule has 0 amide bonds. The summed E-state index contributed by atoms with van der Waals surface area (Å²) in [7, 11) is -3.58. The lowest BCUT2D eigenvalue weighted by atomic mass is 10.5. The van der Waals surface area contributed by atoms with Gasteiger partial charge in [0, 0.05) is 0 Å². The third-order valence-electron chi connectivity index (χ3n) is 1.14. The largest absolute Gasteiger partial charge is 0.346 e. The highest BCUT2D eigenvalue weighted by Crippen LogP contribution is 2.30. The summed E-state index contributed by atoms with van der Waals surface area (Å²) in [6.45, 7) is 0. The third kappa shape index (κ3) is 2.34. The van der Waals surface area contributed by atoms with Crippen LogP contribution in [0.4, 0.5) is 0 Å². The van der Waals surface area contributed by atoms with Gasteiger partial charge in [-0.1, -0.05) is 0 Å². The van der Waals surface area contributed by atoms with E-state index >= 15 is 0 Å². The second kappa shape index (κ2) is 2.23. The van der Waals surface area contributed by atoms with Crippen molar-refractivity contribution in [1.82, 2.24) is 0 Å². The minimum atomic E-state index is -3.58. The molecule has 0 aromatic heterocycles. The maximum Gasteiger partial charge on any atom is 0.325 e. The minimum Gasteiger partial charge on any atom is -0.346 e. The molecule has 1 rings (SSSR count). The topological polar surface area (TPSA) is 60.4 Å². The molecule has 4 nitrogen and oxygen atoms in total. The standard InChI is InChI=1S/C5H8O4S/c1-10(7,8)9-5(6)4-2-3-4/h4H,2-3H2,1H3. The van der Waals surface area contributed by atoms with Crippen molar-refractivity contribution in [3.63, 3.8) is 0 Å². The molecule has 5 heteroatoms. The number of carbonyl (C=O) groups is 1. The lowest BCUT2D eigenvalue weighted by molar-refractivity contribution is -0.135. The average molecular weight is 164 g/mol. The van der Waals surface area contributed by atoms with E-state index in [9.17, 15) is 13.2 Å². The summed E-state index contributed by atoms with van der Waals surface area (Å²) in [6.07, 6.45) is 2.38. The number of rotatable bonds is 2. The van der Waals surface area contributed by atoms with Crippen LogP contribution in [0.25, 0.3) is 0 Å². The van der Waals surface area contributed by atoms with E-state index in [0.29, 0.717) is 0 Å². The third-order valence-corrected chi connectivity index (χ3v) is 1.61. The van der Waals surface area contributed by atoms with E-state index in [4.69, 9.17) is 0 Å². The lowest BCUT2D eigenvalue weighted by Crippen LogP contribution is -2.12. The Bertz CT molecular complexity index is 236. The fraction of sp³-hybridized carbons (Fsp3) is 0.800. The van der Waals surface area contributed by atoms with Crippen LogP contribution in [0, 0.1) is 5.92 Å². The van der Waals surface area contributed by atoms with Gasteiger partial charge in [0.05, 0.1) is 12.2 Å². The molecule has 0 spiro atoms. The van der Waals surface area contributed by atoms with Crippen LogP contribution in [0.15, 0.2) is 0 Å². The zero-order valence-corrected chi connectivity index (χ0v) is 6.35. The molecule has 0 aromatic carbocycles. The van der Waals surface area contributed by atoms with E-state index in [0.717, 1.165) is 19.1 Å². The summed E-state index contributed by atoms with van der Waals surface area (Å²) >= 11 is 0. The van der Waals surface area contributed by atoms with Crippen molar-refractivity contribution in [2.24, 2.45) is 5.92 Å². The van der Waals surface area contributed by atoms with E-state index in [-0.39, 0.29) is 5.92 Å². The fourth-order valence-electron chi connectivity index (χ4n) is 0.536. The predicted molar refractivity (Wildman–Crippen MR) is 33.7 cm³/mol. The number of carbonyl (C=O) groups excluding carboxylic acids is 1. The quantitative estimate of drug-likeness (QED) is 0.535. The fourth-order valence-corrected chi connectivity index (χ4v) is 0.971. The van der Waals surface area contributed by atoms with Gasteiger partial charge >= 0.3 is 16.1 Å². The summed E-state index contributed by atoms with van der Waals surface area (Å²) in [5, 5.41) is 0. The molecule has 10 heavy (non-hydrogen) atoms. The van der Waals surface area contributed by atoms with Gasteiger partial charge in [-0.15, -0.1) is 0 Å². The minimum absolute atomic E-state index is 0.158. The summed E-state index contributed by atoms with van der Waals surface area (Å²) in [5.41, 5.74) is 0. The summed E-state index contributed by atoms with van der Waals surface area (Å²) < 4.78 is 24.8. The molecule has 1 fully saturated rings. The van der Waals surface area contributed by atoms with Gasteiger partial charge in [-0.05, 0) is 12.8 Å². The van der Waals surface area contributed by atoms with Crippen molar-refractivity contribution in [2.45, 2.75) is 12.8 Å². The average Bonchev–Trinajstić information content (AvgIpc) is 2.35. The molecule has 0 unspecified atom stereocenters. The second-order valence-electron chi connectivity index (χ2n) is 2.38. The van der Waals surface area contributed by atoms with E-state index in [1.807, 2.05) is 0 Å². The molecule has 58 valence electrons. The number of hydrogen-bond donors (Lipinski definition) is 0.